The average molecular weight is 297 g/mol. The summed E-state index contributed by atoms with van der Waals surface area (Å²) in [5.41, 5.74) is 3.89. The first-order chi connectivity index (χ1) is 10.6. The largest absolute Gasteiger partial charge is 0.493 e. The number of rotatable bonds is 3. The lowest BCUT2D eigenvalue weighted by atomic mass is 9.86. The van der Waals surface area contributed by atoms with E-state index in [0.717, 1.165) is 24.5 Å². The van der Waals surface area contributed by atoms with E-state index in [2.05, 4.69) is 56.6 Å². The zero-order valence-corrected chi connectivity index (χ0v) is 13.5. The second kappa shape index (κ2) is 5.65. The monoisotopic (exact) mass is 297 g/mol. The number of benzene rings is 2. The van der Waals surface area contributed by atoms with Gasteiger partial charge < -0.3 is 14.0 Å². The Balaban J connectivity index is 2.18. The molecule has 22 heavy (non-hydrogen) atoms. The molecule has 0 spiro atoms. The van der Waals surface area contributed by atoms with Crippen LogP contribution in [-0.4, -0.2) is 32.3 Å². The molecule has 0 aromatic heterocycles. The molecule has 0 N–H and O–H groups in total. The summed E-state index contributed by atoms with van der Waals surface area (Å²) in [7, 11) is 10.0. The van der Waals surface area contributed by atoms with Crippen molar-refractivity contribution in [3.8, 4) is 11.5 Å². The van der Waals surface area contributed by atoms with Gasteiger partial charge in [0.25, 0.3) is 0 Å². The van der Waals surface area contributed by atoms with Gasteiger partial charge in [-0.15, -0.1) is 7.05 Å². The van der Waals surface area contributed by atoms with Crippen molar-refractivity contribution in [1.29, 1.82) is 0 Å². The van der Waals surface area contributed by atoms with Gasteiger partial charge in [-0.2, -0.15) is 0 Å². The van der Waals surface area contributed by atoms with E-state index in [1.807, 2.05) is 0 Å². The summed E-state index contributed by atoms with van der Waals surface area (Å²) in [6.45, 7) is 1.00. The van der Waals surface area contributed by atoms with E-state index in [4.69, 9.17) is 9.47 Å². The molecule has 1 aliphatic heterocycles. The summed E-state index contributed by atoms with van der Waals surface area (Å²) in [4.78, 5) is 0. The Bertz CT molecular complexity index is 665. The summed E-state index contributed by atoms with van der Waals surface area (Å²) < 4.78 is 11.7. The van der Waals surface area contributed by atoms with Crippen LogP contribution in [0.15, 0.2) is 42.5 Å². The van der Waals surface area contributed by atoms with Crippen molar-refractivity contribution in [3.63, 3.8) is 0 Å². The predicted molar refractivity (Wildman–Crippen MR) is 87.9 cm³/mol. The molecule has 1 aliphatic rings. The number of methoxy groups -OCH3 is 2. The first-order valence-electron chi connectivity index (χ1n) is 7.56. The minimum atomic E-state index is 0.213. The minimum Gasteiger partial charge on any atom is -0.493 e. The van der Waals surface area contributed by atoms with Gasteiger partial charge in [0.1, 0.15) is 6.04 Å². The summed E-state index contributed by atoms with van der Waals surface area (Å²) in [6.07, 6.45) is 0.999. The van der Waals surface area contributed by atoms with E-state index in [-0.39, 0.29) is 6.04 Å². The van der Waals surface area contributed by atoms with Crippen molar-refractivity contribution in [2.75, 3.05) is 27.8 Å². The molecule has 0 aliphatic carbocycles. The smallest absolute Gasteiger partial charge is 0.161 e. The van der Waals surface area contributed by atoms with Gasteiger partial charge in [0, 0.05) is 24.6 Å². The molecule has 3 heteroatoms. The highest BCUT2D eigenvalue weighted by Gasteiger charge is 2.34. The number of likely N-dealkylation sites (N-methyl/N-ethyl adjacent to an activating group) is 1. The molecule has 1 heterocycles. The normalized spacial score (nSPS) is 23.7. The Morgan fingerprint density at radius 3 is 2.32 bits per heavy atom. The topological polar surface area (TPSA) is 18.5 Å². The minimum absolute atomic E-state index is 0.213. The van der Waals surface area contributed by atoms with E-state index < -0.39 is 0 Å². The number of hydrogen-bond donors (Lipinski definition) is 0. The Morgan fingerprint density at radius 2 is 1.68 bits per heavy atom. The molecule has 3 nitrogen and oxygen atoms in total. The molecule has 2 atom stereocenters. The van der Waals surface area contributed by atoms with Crippen LogP contribution < -0.4 is 9.47 Å². The van der Waals surface area contributed by atoms with E-state index in [9.17, 15) is 0 Å². The van der Waals surface area contributed by atoms with Gasteiger partial charge in [0.05, 0.1) is 20.8 Å². The van der Waals surface area contributed by atoms with Gasteiger partial charge in [-0.25, -0.2) is 0 Å². The average Bonchev–Trinajstić information content (AvgIpc) is 2.53. The fourth-order valence-corrected chi connectivity index (χ4v) is 3.42. The van der Waals surface area contributed by atoms with Crippen molar-refractivity contribution < 1.29 is 14.0 Å². The summed E-state index contributed by atoms with van der Waals surface area (Å²) in [5, 5.41) is 0. The van der Waals surface area contributed by atoms with Crippen molar-refractivity contribution >= 4 is 0 Å². The molecule has 2 aromatic rings. The fourth-order valence-electron chi connectivity index (χ4n) is 3.42. The van der Waals surface area contributed by atoms with Gasteiger partial charge in [0.15, 0.2) is 11.5 Å². The molecule has 0 amide bonds. The highest BCUT2D eigenvalue weighted by Crippen LogP contribution is 2.43. The second-order valence-electron chi connectivity index (χ2n) is 6.17. The maximum Gasteiger partial charge on any atom is 0.161 e. The third-order valence-electron chi connectivity index (χ3n) is 4.57. The van der Waals surface area contributed by atoms with Crippen LogP contribution in [0.1, 0.15) is 22.7 Å². The zero-order chi connectivity index (χ0) is 15.7. The van der Waals surface area contributed by atoms with Gasteiger partial charge in [-0.05, 0) is 17.7 Å². The Kier molecular flexibility index (Phi) is 3.83. The van der Waals surface area contributed by atoms with Crippen molar-refractivity contribution in [2.45, 2.75) is 12.5 Å². The van der Waals surface area contributed by atoms with Crippen LogP contribution in [0.5, 0.6) is 11.5 Å². The van der Waals surface area contributed by atoms with Crippen LogP contribution in [0.4, 0.5) is 0 Å². The third-order valence-corrected chi connectivity index (χ3v) is 4.57. The molecule has 0 saturated carbocycles. The standard InChI is InChI=1S/C19H23NO2/c1-20(2)11-10-15-12-17(21-3)18(22-4)13-16(15)19(20)14-8-6-5-7-9-14/h5-9,12-13,19H,1,10-11H2,2-4H3/t19-,20-/m0/s1. The van der Waals surface area contributed by atoms with Crippen LogP contribution in [0.2, 0.25) is 0 Å². The summed E-state index contributed by atoms with van der Waals surface area (Å²) in [6, 6.07) is 15.0. The Labute approximate surface area is 132 Å². The van der Waals surface area contributed by atoms with Crippen molar-refractivity contribution in [1.82, 2.24) is 0 Å². The van der Waals surface area contributed by atoms with E-state index in [0.29, 0.717) is 4.48 Å². The number of quaternary nitrogens is 1. The van der Waals surface area contributed by atoms with Crippen molar-refractivity contribution in [3.05, 3.63) is 66.2 Å². The molecule has 0 saturated heterocycles. The lowest BCUT2D eigenvalue weighted by Crippen LogP contribution is -2.46. The lowest BCUT2D eigenvalue weighted by Gasteiger charge is -2.49. The molecule has 0 bridgehead atoms. The highest BCUT2D eigenvalue weighted by molar-refractivity contribution is 5.50. The quantitative estimate of drug-likeness (QED) is 0.637. The zero-order valence-electron chi connectivity index (χ0n) is 13.5. The first-order valence-corrected chi connectivity index (χ1v) is 7.56. The van der Waals surface area contributed by atoms with E-state index in [1.165, 1.54) is 16.7 Å². The Morgan fingerprint density at radius 1 is 1.05 bits per heavy atom. The van der Waals surface area contributed by atoms with Crippen LogP contribution in [0, 0.1) is 7.05 Å². The van der Waals surface area contributed by atoms with Gasteiger partial charge >= 0.3 is 0 Å². The van der Waals surface area contributed by atoms with E-state index in [1.54, 1.807) is 14.2 Å². The van der Waals surface area contributed by atoms with Crippen LogP contribution >= 0.6 is 0 Å². The van der Waals surface area contributed by atoms with Crippen LogP contribution in [0.25, 0.3) is 0 Å². The molecular formula is C19H23NO2. The SMILES string of the molecule is [CH2-][N@+]1(C)CCc2cc(OC)c(OC)cc2[C@@H]1c1ccccc1. The number of nitrogens with zero attached hydrogens (tertiary/aromatic N) is 1. The lowest BCUT2D eigenvalue weighted by molar-refractivity contribution is -0.893. The number of hydrogen-bond acceptors (Lipinski definition) is 2. The van der Waals surface area contributed by atoms with E-state index >= 15 is 0 Å². The summed E-state index contributed by atoms with van der Waals surface area (Å²) in [5.74, 6) is 1.58. The molecular weight excluding hydrogens is 274 g/mol. The van der Waals surface area contributed by atoms with Gasteiger partial charge in [-0.3, -0.25) is 0 Å². The highest BCUT2D eigenvalue weighted by atomic mass is 16.5. The second-order valence-corrected chi connectivity index (χ2v) is 6.17. The molecule has 2 aromatic carbocycles. The maximum absolute atomic E-state index is 5.50. The molecule has 3 rings (SSSR count). The van der Waals surface area contributed by atoms with Gasteiger partial charge in [-0.1, -0.05) is 30.3 Å². The first kappa shape index (κ1) is 14.9. The fraction of sp³-hybridized carbons (Fsp3) is 0.316. The molecule has 0 radical (unpaired) electrons. The summed E-state index contributed by atoms with van der Waals surface area (Å²) >= 11 is 0. The van der Waals surface area contributed by atoms with Crippen LogP contribution in [0.3, 0.4) is 0 Å². The third kappa shape index (κ3) is 2.46. The van der Waals surface area contributed by atoms with Crippen molar-refractivity contribution in [2.24, 2.45) is 0 Å². The van der Waals surface area contributed by atoms with Crippen LogP contribution in [-0.2, 0) is 6.42 Å². The number of ether oxygens (including phenoxy) is 2. The molecule has 116 valence electrons. The molecule has 0 fully saturated rings. The number of fused-ring (bicyclic) bond motifs is 1. The van der Waals surface area contributed by atoms with Gasteiger partial charge in [0.2, 0.25) is 0 Å². The Hall–Kier alpha value is -2.00. The molecule has 0 unspecified atom stereocenters. The predicted octanol–water partition coefficient (Wildman–Crippen LogP) is 3.59. The maximum atomic E-state index is 5.50.